The summed E-state index contributed by atoms with van der Waals surface area (Å²) in [6.45, 7) is 2.23. The van der Waals surface area contributed by atoms with Gasteiger partial charge < -0.3 is 15.2 Å². The third-order valence-corrected chi connectivity index (χ3v) is 5.01. The topological polar surface area (TPSA) is 84.7 Å². The van der Waals surface area contributed by atoms with Gasteiger partial charge in [0.1, 0.15) is 24.5 Å². The van der Waals surface area contributed by atoms with Crippen molar-refractivity contribution >= 4 is 22.8 Å². The fourth-order valence-electron chi connectivity index (χ4n) is 3.52. The maximum atomic E-state index is 12.5. The molecule has 0 atom stereocenters. The van der Waals surface area contributed by atoms with Gasteiger partial charge in [-0.2, -0.15) is 0 Å². The number of para-hydroxylation sites is 2. The Morgan fingerprint density at radius 1 is 1.27 bits per heavy atom. The van der Waals surface area contributed by atoms with Gasteiger partial charge in [0.05, 0.1) is 11.0 Å². The van der Waals surface area contributed by atoms with Crippen LogP contribution in [0.2, 0.25) is 0 Å². The lowest BCUT2D eigenvalue weighted by Crippen LogP contribution is -2.44. The Labute approximate surface area is 151 Å². The molecule has 1 aromatic carbocycles. The van der Waals surface area contributed by atoms with Gasteiger partial charge in [0.25, 0.3) is 0 Å². The van der Waals surface area contributed by atoms with Crippen molar-refractivity contribution in [2.75, 3.05) is 12.4 Å². The van der Waals surface area contributed by atoms with Gasteiger partial charge in [-0.1, -0.05) is 12.1 Å². The van der Waals surface area contributed by atoms with Gasteiger partial charge in [0, 0.05) is 30.8 Å². The number of anilines is 1. The van der Waals surface area contributed by atoms with E-state index in [-0.39, 0.29) is 11.9 Å². The lowest BCUT2D eigenvalue weighted by molar-refractivity contribution is -0.123. The summed E-state index contributed by atoms with van der Waals surface area (Å²) in [5.41, 5.74) is 2.95. The highest BCUT2D eigenvalue weighted by atomic mass is 16.2. The Morgan fingerprint density at radius 2 is 2.08 bits per heavy atom. The molecule has 1 fully saturated rings. The normalized spacial score (nSPS) is 19.2. The summed E-state index contributed by atoms with van der Waals surface area (Å²) in [5.74, 6) is 2.09. The van der Waals surface area contributed by atoms with Gasteiger partial charge in [0.15, 0.2) is 0 Å². The molecule has 2 N–H and O–H groups in total. The van der Waals surface area contributed by atoms with E-state index in [0.717, 1.165) is 41.2 Å². The number of rotatable bonds is 5. The highest BCUT2D eigenvalue weighted by Gasteiger charge is 2.32. The van der Waals surface area contributed by atoms with Crippen LogP contribution < -0.4 is 10.6 Å². The summed E-state index contributed by atoms with van der Waals surface area (Å²) in [4.78, 5) is 25.5. The van der Waals surface area contributed by atoms with Gasteiger partial charge in [0.2, 0.25) is 5.91 Å². The molecule has 4 rings (SSSR count). The number of carbonyl (C=O) groups is 1. The lowest BCUT2D eigenvalue weighted by atomic mass is 9.78. The minimum Gasteiger partial charge on any atom is -0.373 e. The first-order chi connectivity index (χ1) is 12.6. The lowest BCUT2D eigenvalue weighted by Gasteiger charge is -2.35. The number of imidazole rings is 1. The molecule has 0 saturated heterocycles. The first-order valence-corrected chi connectivity index (χ1v) is 8.85. The van der Waals surface area contributed by atoms with E-state index in [1.807, 2.05) is 48.9 Å². The van der Waals surface area contributed by atoms with Gasteiger partial charge in [-0.15, -0.1) is 0 Å². The largest absolute Gasteiger partial charge is 0.373 e. The molecule has 0 aliphatic heterocycles. The Balaban J connectivity index is 1.35. The van der Waals surface area contributed by atoms with E-state index in [0.29, 0.717) is 12.5 Å². The molecule has 7 heteroatoms. The number of fused-ring (bicyclic) bond motifs is 1. The van der Waals surface area contributed by atoms with E-state index in [2.05, 4.69) is 25.6 Å². The predicted molar refractivity (Wildman–Crippen MR) is 100.0 cm³/mol. The number of benzene rings is 1. The van der Waals surface area contributed by atoms with Crippen LogP contribution >= 0.6 is 0 Å². The molecule has 1 aliphatic carbocycles. The molecule has 1 aliphatic rings. The average molecular weight is 350 g/mol. The van der Waals surface area contributed by atoms with Crippen molar-refractivity contribution in [1.29, 1.82) is 0 Å². The van der Waals surface area contributed by atoms with Gasteiger partial charge in [-0.25, -0.2) is 15.0 Å². The zero-order chi connectivity index (χ0) is 18.1. The Bertz CT molecular complexity index is 944. The fourth-order valence-corrected chi connectivity index (χ4v) is 3.52. The first kappa shape index (κ1) is 16.5. The van der Waals surface area contributed by atoms with E-state index in [4.69, 9.17) is 0 Å². The number of hydrogen-bond acceptors (Lipinski definition) is 5. The molecule has 26 heavy (non-hydrogen) atoms. The van der Waals surface area contributed by atoms with Crippen LogP contribution in [-0.2, 0) is 11.3 Å². The van der Waals surface area contributed by atoms with E-state index >= 15 is 0 Å². The van der Waals surface area contributed by atoms with Crippen molar-refractivity contribution in [2.45, 2.75) is 38.3 Å². The van der Waals surface area contributed by atoms with E-state index < -0.39 is 0 Å². The second-order valence-corrected chi connectivity index (χ2v) is 6.74. The Hall–Kier alpha value is -2.96. The summed E-state index contributed by atoms with van der Waals surface area (Å²) in [7, 11) is 1.84. The summed E-state index contributed by atoms with van der Waals surface area (Å²) in [5, 5.41) is 6.16. The molecule has 1 saturated carbocycles. The second kappa shape index (κ2) is 6.74. The molecule has 0 unspecified atom stereocenters. The van der Waals surface area contributed by atoms with Crippen LogP contribution in [0.5, 0.6) is 0 Å². The molecule has 134 valence electrons. The third kappa shape index (κ3) is 3.12. The predicted octanol–water partition coefficient (Wildman–Crippen LogP) is 2.24. The molecule has 7 nitrogen and oxygen atoms in total. The molecule has 1 amide bonds. The minimum absolute atomic E-state index is 0.0262. The number of aryl methyl sites for hydroxylation is 1. The smallest absolute Gasteiger partial charge is 0.240 e. The third-order valence-electron chi connectivity index (χ3n) is 5.01. The molecule has 0 spiro atoms. The molecule has 0 bridgehead atoms. The van der Waals surface area contributed by atoms with Crippen LogP contribution in [0, 0.1) is 6.92 Å². The minimum atomic E-state index is 0.0262. The summed E-state index contributed by atoms with van der Waals surface area (Å²) >= 11 is 0. The number of hydrogen-bond donors (Lipinski definition) is 2. The quantitative estimate of drug-likeness (QED) is 0.737. The maximum Gasteiger partial charge on any atom is 0.240 e. The monoisotopic (exact) mass is 350 g/mol. The van der Waals surface area contributed by atoms with Crippen molar-refractivity contribution in [3.8, 4) is 0 Å². The van der Waals surface area contributed by atoms with Crippen LogP contribution in [0.25, 0.3) is 11.0 Å². The molecular formula is C19H22N6O. The van der Waals surface area contributed by atoms with Crippen LogP contribution in [0.4, 0.5) is 5.82 Å². The van der Waals surface area contributed by atoms with Crippen LogP contribution in [0.3, 0.4) is 0 Å². The van der Waals surface area contributed by atoms with Crippen LogP contribution in [0.1, 0.15) is 30.3 Å². The first-order valence-electron chi connectivity index (χ1n) is 8.85. The molecule has 3 aromatic rings. The number of aromatic nitrogens is 4. The molecule has 2 aromatic heterocycles. The SMILES string of the molecule is CNc1cc(C2CC(NC(=O)Cn3c(C)nc4ccccc43)C2)ncn1. The van der Waals surface area contributed by atoms with Gasteiger partial charge in [-0.05, 0) is 31.9 Å². The van der Waals surface area contributed by atoms with Crippen molar-refractivity contribution in [3.63, 3.8) is 0 Å². The number of amides is 1. The average Bonchev–Trinajstić information content (AvgIpc) is 2.93. The molecule has 0 radical (unpaired) electrons. The van der Waals surface area contributed by atoms with Gasteiger partial charge >= 0.3 is 0 Å². The maximum absolute atomic E-state index is 12.5. The number of nitrogens with one attached hydrogen (secondary N) is 2. The van der Waals surface area contributed by atoms with E-state index in [1.54, 1.807) is 6.33 Å². The molecular weight excluding hydrogens is 328 g/mol. The summed E-state index contributed by atoms with van der Waals surface area (Å²) < 4.78 is 1.96. The fraction of sp³-hybridized carbons (Fsp3) is 0.368. The summed E-state index contributed by atoms with van der Waals surface area (Å²) in [6.07, 6.45) is 3.41. The second-order valence-electron chi connectivity index (χ2n) is 6.74. The van der Waals surface area contributed by atoms with Crippen molar-refractivity contribution in [1.82, 2.24) is 24.8 Å². The van der Waals surface area contributed by atoms with Gasteiger partial charge in [-0.3, -0.25) is 4.79 Å². The zero-order valence-electron chi connectivity index (χ0n) is 14.9. The van der Waals surface area contributed by atoms with Crippen molar-refractivity contribution < 1.29 is 4.79 Å². The van der Waals surface area contributed by atoms with E-state index in [1.165, 1.54) is 0 Å². The highest BCUT2D eigenvalue weighted by molar-refractivity contribution is 5.81. The van der Waals surface area contributed by atoms with Crippen molar-refractivity contribution in [3.05, 3.63) is 48.2 Å². The van der Waals surface area contributed by atoms with Crippen LogP contribution in [-0.4, -0.2) is 38.5 Å². The number of nitrogens with zero attached hydrogens (tertiary/aromatic N) is 4. The van der Waals surface area contributed by atoms with Crippen LogP contribution in [0.15, 0.2) is 36.7 Å². The number of carbonyl (C=O) groups excluding carboxylic acids is 1. The zero-order valence-corrected chi connectivity index (χ0v) is 14.9. The van der Waals surface area contributed by atoms with E-state index in [9.17, 15) is 4.79 Å². The Kier molecular flexibility index (Phi) is 4.28. The molecule has 2 heterocycles. The summed E-state index contributed by atoms with van der Waals surface area (Å²) in [6, 6.07) is 10.1. The highest BCUT2D eigenvalue weighted by Crippen LogP contribution is 2.36. The standard InChI is InChI=1S/C19H22N6O/c1-12-23-15-5-3-4-6-17(15)25(12)10-19(26)24-14-7-13(8-14)16-9-18(20-2)22-11-21-16/h3-6,9,11,13-14H,7-8,10H2,1-2H3,(H,24,26)(H,20,21,22). The van der Waals surface area contributed by atoms with Crippen molar-refractivity contribution in [2.24, 2.45) is 0 Å². The Morgan fingerprint density at radius 3 is 2.88 bits per heavy atom.